The Morgan fingerprint density at radius 3 is 2.48 bits per heavy atom. The first-order valence-electron chi connectivity index (χ1n) is 7.13. The van der Waals surface area contributed by atoms with E-state index < -0.39 is 5.25 Å². The van der Waals surface area contributed by atoms with Crippen LogP contribution < -0.4 is 15.8 Å². The molecule has 0 fully saturated rings. The molecule has 5 nitrogen and oxygen atoms in total. The second-order valence-electron chi connectivity index (χ2n) is 4.91. The second-order valence-corrected chi connectivity index (χ2v) is 6.29. The highest BCUT2D eigenvalue weighted by molar-refractivity contribution is 8.14. The van der Waals surface area contributed by atoms with Gasteiger partial charge in [-0.1, -0.05) is 42.1 Å². The number of ether oxygens (including phenoxy) is 1. The van der Waals surface area contributed by atoms with Gasteiger partial charge in [0.2, 0.25) is 5.91 Å². The van der Waals surface area contributed by atoms with Crippen LogP contribution in [0.5, 0.6) is 5.75 Å². The van der Waals surface area contributed by atoms with Gasteiger partial charge in [-0.15, -0.1) is 0 Å². The van der Waals surface area contributed by atoms with E-state index in [2.05, 4.69) is 5.32 Å². The molecule has 4 N–H and O–H groups in total. The second kappa shape index (κ2) is 8.24. The van der Waals surface area contributed by atoms with Gasteiger partial charge in [-0.25, -0.2) is 0 Å². The van der Waals surface area contributed by atoms with Crippen molar-refractivity contribution in [2.24, 2.45) is 5.73 Å². The van der Waals surface area contributed by atoms with Crippen molar-refractivity contribution in [2.75, 3.05) is 5.32 Å². The van der Waals surface area contributed by atoms with Crippen LogP contribution in [-0.2, 0) is 11.4 Å². The van der Waals surface area contributed by atoms with Crippen LogP contribution in [-0.4, -0.2) is 16.3 Å². The average Bonchev–Trinajstić information content (AvgIpc) is 2.54. The van der Waals surface area contributed by atoms with Crippen molar-refractivity contribution < 1.29 is 9.53 Å². The Labute approximate surface area is 139 Å². The maximum atomic E-state index is 11.9. The zero-order valence-electron chi connectivity index (χ0n) is 12.8. The van der Waals surface area contributed by atoms with Crippen LogP contribution in [0.1, 0.15) is 12.5 Å². The van der Waals surface area contributed by atoms with Gasteiger partial charge in [-0.3, -0.25) is 10.2 Å². The Morgan fingerprint density at radius 1 is 1.22 bits per heavy atom. The molecule has 0 aliphatic carbocycles. The fourth-order valence-corrected chi connectivity index (χ4v) is 2.41. The fourth-order valence-electron chi connectivity index (χ4n) is 1.86. The van der Waals surface area contributed by atoms with Gasteiger partial charge in [-0.05, 0) is 36.8 Å². The van der Waals surface area contributed by atoms with Gasteiger partial charge in [0.05, 0.1) is 5.25 Å². The predicted octanol–water partition coefficient (Wildman–Crippen LogP) is 3.22. The smallest absolute Gasteiger partial charge is 0.237 e. The molecule has 0 saturated heterocycles. The van der Waals surface area contributed by atoms with E-state index in [1.807, 2.05) is 30.3 Å². The fraction of sp³-hybridized carbons (Fsp3) is 0.176. The van der Waals surface area contributed by atoms with E-state index in [0.29, 0.717) is 12.3 Å². The number of anilines is 1. The summed E-state index contributed by atoms with van der Waals surface area (Å²) in [6.07, 6.45) is 0. The topological polar surface area (TPSA) is 88.2 Å². The van der Waals surface area contributed by atoms with E-state index in [1.54, 1.807) is 31.2 Å². The minimum absolute atomic E-state index is 0.0719. The summed E-state index contributed by atoms with van der Waals surface area (Å²) in [6.45, 7) is 2.21. The molecular formula is C17H19N3O2S. The normalized spacial score (nSPS) is 11.5. The first-order valence-corrected chi connectivity index (χ1v) is 8.01. The van der Waals surface area contributed by atoms with E-state index in [1.165, 1.54) is 0 Å². The Balaban J connectivity index is 1.87. The molecule has 1 atom stereocenters. The minimum atomic E-state index is -0.415. The molecule has 6 heteroatoms. The predicted molar refractivity (Wildman–Crippen MR) is 94.8 cm³/mol. The van der Waals surface area contributed by atoms with Crippen LogP contribution >= 0.6 is 11.8 Å². The van der Waals surface area contributed by atoms with E-state index in [4.69, 9.17) is 15.9 Å². The summed E-state index contributed by atoms with van der Waals surface area (Å²) in [5.74, 6) is 0.543. The summed E-state index contributed by atoms with van der Waals surface area (Å²) in [7, 11) is 0. The highest BCUT2D eigenvalue weighted by atomic mass is 32.2. The first kappa shape index (κ1) is 16.9. The number of nitrogens with one attached hydrogen (secondary N) is 2. The summed E-state index contributed by atoms with van der Waals surface area (Å²) in [4.78, 5) is 11.9. The van der Waals surface area contributed by atoms with Gasteiger partial charge in [-0.2, -0.15) is 0 Å². The minimum Gasteiger partial charge on any atom is -0.489 e. The number of amidine groups is 1. The van der Waals surface area contributed by atoms with Gasteiger partial charge >= 0.3 is 0 Å². The van der Waals surface area contributed by atoms with Crippen LogP contribution in [0.2, 0.25) is 0 Å². The van der Waals surface area contributed by atoms with Crippen LogP contribution in [0, 0.1) is 5.41 Å². The molecule has 2 rings (SSSR count). The lowest BCUT2D eigenvalue weighted by atomic mass is 10.2. The maximum absolute atomic E-state index is 11.9. The third kappa shape index (κ3) is 5.67. The monoisotopic (exact) mass is 329 g/mol. The molecule has 0 unspecified atom stereocenters. The van der Waals surface area contributed by atoms with Crippen molar-refractivity contribution in [3.05, 3.63) is 60.2 Å². The molecule has 0 heterocycles. The quantitative estimate of drug-likeness (QED) is 0.561. The number of carbonyl (C=O) groups is 1. The number of carbonyl (C=O) groups excluding carboxylic acids is 1. The van der Waals surface area contributed by atoms with Crippen molar-refractivity contribution in [1.29, 1.82) is 5.41 Å². The molecule has 0 spiro atoms. The molecule has 0 aromatic heterocycles. The number of rotatable bonds is 6. The number of hydrogen-bond donors (Lipinski definition) is 3. The first-order chi connectivity index (χ1) is 11.0. The van der Waals surface area contributed by atoms with Gasteiger partial charge in [0, 0.05) is 5.69 Å². The third-order valence-electron chi connectivity index (χ3n) is 3.04. The molecule has 0 aliphatic rings. The summed E-state index contributed by atoms with van der Waals surface area (Å²) in [5, 5.41) is 9.48. The van der Waals surface area contributed by atoms with Crippen molar-refractivity contribution in [2.45, 2.75) is 18.8 Å². The molecule has 1 amide bonds. The molecule has 0 radical (unpaired) electrons. The highest BCUT2D eigenvalue weighted by Crippen LogP contribution is 2.18. The largest absolute Gasteiger partial charge is 0.489 e. The zero-order valence-corrected chi connectivity index (χ0v) is 13.6. The van der Waals surface area contributed by atoms with Crippen LogP contribution in [0.3, 0.4) is 0 Å². The molecule has 0 aliphatic heterocycles. The SMILES string of the molecule is C[C@@H](SC(=N)N)C(=O)Nc1ccc(OCc2ccccc2)cc1. The maximum Gasteiger partial charge on any atom is 0.237 e. The Hall–Kier alpha value is -2.47. The van der Waals surface area contributed by atoms with E-state index in [0.717, 1.165) is 23.1 Å². The molecule has 2 aromatic rings. The summed E-state index contributed by atoms with van der Waals surface area (Å²) >= 11 is 1.02. The molecule has 23 heavy (non-hydrogen) atoms. The van der Waals surface area contributed by atoms with Gasteiger partial charge < -0.3 is 15.8 Å². The molecule has 2 aromatic carbocycles. The van der Waals surface area contributed by atoms with E-state index in [9.17, 15) is 4.79 Å². The molecule has 0 bridgehead atoms. The van der Waals surface area contributed by atoms with Gasteiger partial charge in [0.15, 0.2) is 5.17 Å². The van der Waals surface area contributed by atoms with Crippen molar-refractivity contribution in [1.82, 2.24) is 0 Å². The highest BCUT2D eigenvalue weighted by Gasteiger charge is 2.14. The van der Waals surface area contributed by atoms with E-state index in [-0.39, 0.29) is 11.1 Å². The Bertz CT molecular complexity index is 659. The molecular weight excluding hydrogens is 310 g/mol. The summed E-state index contributed by atoms with van der Waals surface area (Å²) in [6, 6.07) is 17.1. The number of amides is 1. The number of nitrogens with two attached hydrogens (primary N) is 1. The average molecular weight is 329 g/mol. The third-order valence-corrected chi connectivity index (χ3v) is 3.86. The Kier molecular flexibility index (Phi) is 6.05. The molecule has 0 saturated carbocycles. The van der Waals surface area contributed by atoms with Crippen molar-refractivity contribution in [3.63, 3.8) is 0 Å². The van der Waals surface area contributed by atoms with Crippen LogP contribution in [0.4, 0.5) is 5.69 Å². The van der Waals surface area contributed by atoms with E-state index >= 15 is 0 Å². The lowest BCUT2D eigenvalue weighted by molar-refractivity contribution is -0.115. The standard InChI is InChI=1S/C17H19N3O2S/c1-12(23-17(18)19)16(21)20-14-7-9-15(10-8-14)22-11-13-5-3-2-4-6-13/h2-10,12H,11H2,1H3,(H3,18,19)(H,20,21)/t12-/m1/s1. The van der Waals surface area contributed by atoms with Gasteiger partial charge in [0.1, 0.15) is 12.4 Å². The molecule has 120 valence electrons. The summed E-state index contributed by atoms with van der Waals surface area (Å²) < 4.78 is 5.69. The van der Waals surface area contributed by atoms with Crippen molar-refractivity contribution >= 4 is 28.5 Å². The number of thioether (sulfide) groups is 1. The lowest BCUT2D eigenvalue weighted by Crippen LogP contribution is -2.25. The van der Waals surface area contributed by atoms with Crippen molar-refractivity contribution in [3.8, 4) is 5.75 Å². The zero-order chi connectivity index (χ0) is 16.7. The van der Waals surface area contributed by atoms with Crippen LogP contribution in [0.15, 0.2) is 54.6 Å². The van der Waals surface area contributed by atoms with Crippen LogP contribution in [0.25, 0.3) is 0 Å². The number of benzene rings is 2. The Morgan fingerprint density at radius 2 is 1.87 bits per heavy atom. The number of hydrogen-bond acceptors (Lipinski definition) is 4. The summed E-state index contributed by atoms with van der Waals surface area (Å²) in [5.41, 5.74) is 7.05. The van der Waals surface area contributed by atoms with Gasteiger partial charge in [0.25, 0.3) is 0 Å². The lowest BCUT2D eigenvalue weighted by Gasteiger charge is -2.11.